The fourth-order valence-corrected chi connectivity index (χ4v) is 3.19. The summed E-state index contributed by atoms with van der Waals surface area (Å²) in [7, 11) is 0. The van der Waals surface area contributed by atoms with Crippen LogP contribution in [0.2, 0.25) is 0 Å². The second kappa shape index (κ2) is 6.85. The monoisotopic (exact) mass is 296 g/mol. The van der Waals surface area contributed by atoms with Crippen LogP contribution in [0.25, 0.3) is 0 Å². The molecule has 0 saturated heterocycles. The predicted molar refractivity (Wildman–Crippen MR) is 77.7 cm³/mol. The smallest absolute Gasteiger partial charge is 0.261 e. The third kappa shape index (κ3) is 3.80. The summed E-state index contributed by atoms with van der Waals surface area (Å²) in [5, 5.41) is 16.8. The molecule has 0 aliphatic heterocycles. The molecule has 3 N–H and O–H groups in total. The van der Waals surface area contributed by atoms with E-state index in [0.717, 1.165) is 32.1 Å². The first kappa shape index (κ1) is 15.0. The molecule has 1 fully saturated rings. The molecule has 0 atom stereocenters. The molecule has 110 valence electrons. The van der Waals surface area contributed by atoms with Crippen LogP contribution in [0, 0.1) is 0 Å². The zero-order chi connectivity index (χ0) is 14.4. The maximum atomic E-state index is 11.9. The molecule has 2 amide bonds. The lowest BCUT2D eigenvalue weighted by Gasteiger charge is -2.36. The Morgan fingerprint density at radius 2 is 2.05 bits per heavy atom. The Morgan fingerprint density at radius 1 is 1.30 bits per heavy atom. The van der Waals surface area contributed by atoms with E-state index in [2.05, 4.69) is 10.6 Å². The number of nitrogens with one attached hydrogen (secondary N) is 2. The minimum Gasteiger partial charge on any atom is -0.394 e. The van der Waals surface area contributed by atoms with E-state index < -0.39 is 5.54 Å². The predicted octanol–water partition coefficient (Wildman–Crippen LogP) is 1.29. The summed E-state index contributed by atoms with van der Waals surface area (Å²) in [4.78, 5) is 24.2. The van der Waals surface area contributed by atoms with Crippen molar-refractivity contribution in [3.05, 3.63) is 22.4 Å². The Hall–Kier alpha value is -1.40. The minimum absolute atomic E-state index is 0.0440. The molecule has 0 unspecified atom stereocenters. The minimum atomic E-state index is -0.497. The number of rotatable bonds is 5. The van der Waals surface area contributed by atoms with Crippen LogP contribution < -0.4 is 10.6 Å². The van der Waals surface area contributed by atoms with E-state index in [1.54, 1.807) is 12.1 Å². The summed E-state index contributed by atoms with van der Waals surface area (Å²) in [6.45, 7) is -0.101. The summed E-state index contributed by atoms with van der Waals surface area (Å²) in [6.07, 6.45) is 4.78. The van der Waals surface area contributed by atoms with Gasteiger partial charge in [-0.3, -0.25) is 9.59 Å². The van der Waals surface area contributed by atoms with Gasteiger partial charge in [0.1, 0.15) is 0 Å². The number of hydrogen-bond donors (Lipinski definition) is 3. The van der Waals surface area contributed by atoms with E-state index in [-0.39, 0.29) is 25.0 Å². The van der Waals surface area contributed by atoms with E-state index in [1.165, 1.54) is 11.3 Å². The molecule has 20 heavy (non-hydrogen) atoms. The quantitative estimate of drug-likeness (QED) is 0.766. The molecule has 6 heteroatoms. The highest BCUT2D eigenvalue weighted by Gasteiger charge is 2.32. The zero-order valence-corrected chi connectivity index (χ0v) is 12.2. The summed E-state index contributed by atoms with van der Waals surface area (Å²) >= 11 is 1.34. The second-order valence-electron chi connectivity index (χ2n) is 5.21. The van der Waals surface area contributed by atoms with Crippen LogP contribution in [-0.2, 0) is 4.79 Å². The molecule has 2 rings (SSSR count). The van der Waals surface area contributed by atoms with Gasteiger partial charge in [0, 0.05) is 0 Å². The number of carbonyl (C=O) groups excluding carboxylic acids is 2. The van der Waals surface area contributed by atoms with Gasteiger partial charge in [-0.2, -0.15) is 0 Å². The number of aliphatic hydroxyl groups is 1. The summed E-state index contributed by atoms with van der Waals surface area (Å²) in [6, 6.07) is 3.51. The number of carbonyl (C=O) groups is 2. The van der Waals surface area contributed by atoms with Crippen molar-refractivity contribution in [3.63, 3.8) is 0 Å². The van der Waals surface area contributed by atoms with Gasteiger partial charge in [-0.15, -0.1) is 11.3 Å². The fraction of sp³-hybridized carbons (Fsp3) is 0.571. The van der Waals surface area contributed by atoms with Crippen LogP contribution >= 0.6 is 11.3 Å². The van der Waals surface area contributed by atoms with Gasteiger partial charge in [0.2, 0.25) is 5.91 Å². The second-order valence-corrected chi connectivity index (χ2v) is 6.15. The van der Waals surface area contributed by atoms with Crippen molar-refractivity contribution >= 4 is 23.2 Å². The molecular weight excluding hydrogens is 276 g/mol. The molecule has 1 aromatic heterocycles. The lowest BCUT2D eigenvalue weighted by Crippen LogP contribution is -2.54. The van der Waals surface area contributed by atoms with Crippen LogP contribution in [0.1, 0.15) is 41.8 Å². The van der Waals surface area contributed by atoms with Crippen LogP contribution in [0.3, 0.4) is 0 Å². The van der Waals surface area contributed by atoms with Crippen molar-refractivity contribution in [1.82, 2.24) is 10.6 Å². The van der Waals surface area contributed by atoms with Crippen LogP contribution in [0.5, 0.6) is 0 Å². The number of aliphatic hydroxyl groups excluding tert-OH is 1. The Kier molecular flexibility index (Phi) is 5.14. The maximum Gasteiger partial charge on any atom is 0.261 e. The standard InChI is InChI=1S/C14H20N2O3S/c17-10-14(6-2-1-3-7-14)16-12(18)9-15-13(19)11-5-4-8-20-11/h4-5,8,17H,1-3,6-7,9-10H2,(H,15,19)(H,16,18). The number of hydrogen-bond acceptors (Lipinski definition) is 4. The van der Waals surface area contributed by atoms with E-state index >= 15 is 0 Å². The molecule has 0 bridgehead atoms. The van der Waals surface area contributed by atoms with Gasteiger partial charge >= 0.3 is 0 Å². The molecule has 1 saturated carbocycles. The average Bonchev–Trinajstić information content (AvgIpc) is 3.00. The number of amides is 2. The normalized spacial score (nSPS) is 17.4. The molecular formula is C14H20N2O3S. The lowest BCUT2D eigenvalue weighted by atomic mass is 9.82. The van der Waals surface area contributed by atoms with Crippen molar-refractivity contribution in [2.75, 3.05) is 13.2 Å². The first-order chi connectivity index (χ1) is 9.65. The van der Waals surface area contributed by atoms with E-state index in [1.807, 2.05) is 5.38 Å². The topological polar surface area (TPSA) is 78.4 Å². The Bertz CT molecular complexity index is 453. The highest BCUT2D eigenvalue weighted by atomic mass is 32.1. The van der Waals surface area contributed by atoms with Crippen molar-refractivity contribution < 1.29 is 14.7 Å². The summed E-state index contributed by atoms with van der Waals surface area (Å²) in [5.74, 6) is -0.484. The summed E-state index contributed by atoms with van der Waals surface area (Å²) in [5.41, 5.74) is -0.497. The Morgan fingerprint density at radius 3 is 2.65 bits per heavy atom. The molecule has 5 nitrogen and oxygen atoms in total. The summed E-state index contributed by atoms with van der Waals surface area (Å²) < 4.78 is 0. The number of thiophene rings is 1. The maximum absolute atomic E-state index is 11.9. The first-order valence-electron chi connectivity index (χ1n) is 6.89. The van der Waals surface area contributed by atoms with Gasteiger partial charge < -0.3 is 15.7 Å². The van der Waals surface area contributed by atoms with Crippen LogP contribution in [-0.4, -0.2) is 35.6 Å². The largest absolute Gasteiger partial charge is 0.394 e. The van der Waals surface area contributed by atoms with Gasteiger partial charge in [0.05, 0.1) is 23.6 Å². The van der Waals surface area contributed by atoms with Gasteiger partial charge in [-0.25, -0.2) is 0 Å². The Labute approximate surface area is 122 Å². The third-order valence-electron chi connectivity index (χ3n) is 3.67. The van der Waals surface area contributed by atoms with Gasteiger partial charge in [0.25, 0.3) is 5.91 Å². The molecule has 0 radical (unpaired) electrons. The van der Waals surface area contributed by atoms with E-state index in [0.29, 0.717) is 4.88 Å². The van der Waals surface area contributed by atoms with E-state index in [9.17, 15) is 14.7 Å². The van der Waals surface area contributed by atoms with Gasteiger partial charge in [-0.05, 0) is 24.3 Å². The van der Waals surface area contributed by atoms with E-state index in [4.69, 9.17) is 0 Å². The molecule has 0 aromatic carbocycles. The molecule has 1 heterocycles. The zero-order valence-electron chi connectivity index (χ0n) is 11.4. The molecule has 1 aromatic rings. The van der Waals surface area contributed by atoms with Crippen LogP contribution in [0.4, 0.5) is 0 Å². The average molecular weight is 296 g/mol. The highest BCUT2D eigenvalue weighted by molar-refractivity contribution is 7.12. The van der Waals surface area contributed by atoms with Gasteiger partial charge in [0.15, 0.2) is 0 Å². The van der Waals surface area contributed by atoms with Crippen molar-refractivity contribution in [3.8, 4) is 0 Å². The fourth-order valence-electron chi connectivity index (χ4n) is 2.55. The molecule has 1 aliphatic rings. The first-order valence-corrected chi connectivity index (χ1v) is 7.77. The van der Waals surface area contributed by atoms with Crippen LogP contribution in [0.15, 0.2) is 17.5 Å². The van der Waals surface area contributed by atoms with Crippen molar-refractivity contribution in [2.24, 2.45) is 0 Å². The SMILES string of the molecule is O=C(CNC(=O)c1cccs1)NC1(CO)CCCCC1. The van der Waals surface area contributed by atoms with Crippen molar-refractivity contribution in [1.29, 1.82) is 0 Å². The van der Waals surface area contributed by atoms with Gasteiger partial charge in [-0.1, -0.05) is 25.3 Å². The third-order valence-corrected chi connectivity index (χ3v) is 4.54. The molecule has 0 spiro atoms. The lowest BCUT2D eigenvalue weighted by molar-refractivity contribution is -0.123. The van der Waals surface area contributed by atoms with Crippen molar-refractivity contribution in [2.45, 2.75) is 37.6 Å². The highest BCUT2D eigenvalue weighted by Crippen LogP contribution is 2.27. The molecule has 1 aliphatic carbocycles. The Balaban J connectivity index is 1.81.